The molecule has 1 atom stereocenters. The van der Waals surface area contributed by atoms with Crippen LogP contribution in [0.25, 0.3) is 0 Å². The van der Waals surface area contributed by atoms with E-state index in [1.165, 1.54) is 12.8 Å². The van der Waals surface area contributed by atoms with Crippen LogP contribution in [0.3, 0.4) is 0 Å². The van der Waals surface area contributed by atoms with Gasteiger partial charge in [-0.15, -0.1) is 11.3 Å². The molecular formula is C18H24N4O2S. The lowest BCUT2D eigenvalue weighted by Crippen LogP contribution is -2.43. The maximum Gasteiger partial charge on any atom is 0.309 e. The number of carbonyl (C=O) groups is 2. The second kappa shape index (κ2) is 8.31. The molecule has 0 radical (unpaired) electrons. The summed E-state index contributed by atoms with van der Waals surface area (Å²) in [5.74, 6) is -1.16. The van der Waals surface area contributed by atoms with E-state index in [0.717, 1.165) is 23.7 Å². The molecule has 0 unspecified atom stereocenters. The Bertz CT molecular complexity index is 704. The SMILES string of the molecule is Cn1cccc1[C@H](CNC(=O)C(=O)NCc1cccs1)N1CCCC1. The van der Waals surface area contributed by atoms with Gasteiger partial charge in [-0.2, -0.15) is 0 Å². The molecule has 0 bridgehead atoms. The minimum absolute atomic E-state index is 0.0940. The van der Waals surface area contributed by atoms with E-state index in [4.69, 9.17) is 0 Å². The fraction of sp³-hybridized carbons (Fsp3) is 0.444. The zero-order valence-corrected chi connectivity index (χ0v) is 15.2. The topological polar surface area (TPSA) is 66.4 Å². The lowest BCUT2D eigenvalue weighted by atomic mass is 10.1. The molecule has 1 saturated heterocycles. The van der Waals surface area contributed by atoms with Gasteiger partial charge in [0.2, 0.25) is 0 Å². The predicted octanol–water partition coefficient (Wildman–Crippen LogP) is 1.66. The summed E-state index contributed by atoms with van der Waals surface area (Å²) in [4.78, 5) is 27.5. The molecular weight excluding hydrogens is 336 g/mol. The summed E-state index contributed by atoms with van der Waals surface area (Å²) >= 11 is 1.56. The number of aromatic nitrogens is 1. The van der Waals surface area contributed by atoms with Crippen molar-refractivity contribution in [1.82, 2.24) is 20.1 Å². The quantitative estimate of drug-likeness (QED) is 0.770. The van der Waals surface area contributed by atoms with E-state index in [2.05, 4.69) is 26.2 Å². The van der Waals surface area contributed by atoms with Crippen LogP contribution >= 0.6 is 11.3 Å². The third-order valence-electron chi connectivity index (χ3n) is 4.57. The Morgan fingerprint density at radius 3 is 2.56 bits per heavy atom. The minimum Gasteiger partial charge on any atom is -0.353 e. The first-order chi connectivity index (χ1) is 12.1. The molecule has 3 heterocycles. The Morgan fingerprint density at radius 1 is 1.16 bits per heavy atom. The highest BCUT2D eigenvalue weighted by molar-refractivity contribution is 7.09. The second-order valence-corrected chi connectivity index (χ2v) is 7.31. The van der Waals surface area contributed by atoms with Crippen LogP contribution in [0.4, 0.5) is 0 Å². The Morgan fingerprint density at radius 2 is 1.92 bits per heavy atom. The van der Waals surface area contributed by atoms with Crippen LogP contribution in [-0.4, -0.2) is 40.9 Å². The summed E-state index contributed by atoms with van der Waals surface area (Å²) in [6.07, 6.45) is 4.36. The number of nitrogens with one attached hydrogen (secondary N) is 2. The third-order valence-corrected chi connectivity index (χ3v) is 5.45. The predicted molar refractivity (Wildman–Crippen MR) is 98.1 cm³/mol. The van der Waals surface area contributed by atoms with Crippen molar-refractivity contribution in [3.05, 3.63) is 46.4 Å². The van der Waals surface area contributed by atoms with Crippen LogP contribution in [0.5, 0.6) is 0 Å². The van der Waals surface area contributed by atoms with E-state index in [1.54, 1.807) is 11.3 Å². The Kier molecular flexibility index (Phi) is 5.88. The standard InChI is InChI=1S/C18H24N4O2S/c1-21-8-4-7-15(21)16(22-9-2-3-10-22)13-20-18(24)17(23)19-12-14-6-5-11-25-14/h4-8,11,16H,2-3,9-10,12-13H2,1H3,(H,19,23)(H,20,24)/t16-/m0/s1. The highest BCUT2D eigenvalue weighted by Crippen LogP contribution is 2.24. The van der Waals surface area contributed by atoms with Crippen LogP contribution in [0, 0.1) is 0 Å². The van der Waals surface area contributed by atoms with Crippen molar-refractivity contribution in [2.45, 2.75) is 25.4 Å². The van der Waals surface area contributed by atoms with Gasteiger partial charge in [-0.25, -0.2) is 0 Å². The van der Waals surface area contributed by atoms with Crippen LogP contribution in [0.1, 0.15) is 29.5 Å². The second-order valence-electron chi connectivity index (χ2n) is 6.27. The number of carbonyl (C=O) groups excluding carboxylic acids is 2. The molecule has 1 aliphatic heterocycles. The lowest BCUT2D eigenvalue weighted by molar-refractivity contribution is -0.139. The zero-order valence-electron chi connectivity index (χ0n) is 14.4. The molecule has 3 rings (SSSR count). The van der Waals surface area contributed by atoms with Crippen molar-refractivity contribution in [2.75, 3.05) is 19.6 Å². The fourth-order valence-electron chi connectivity index (χ4n) is 3.22. The Balaban J connectivity index is 1.55. The molecule has 0 aromatic carbocycles. The molecule has 25 heavy (non-hydrogen) atoms. The first-order valence-electron chi connectivity index (χ1n) is 8.59. The van der Waals surface area contributed by atoms with Gasteiger partial charge >= 0.3 is 11.8 Å². The van der Waals surface area contributed by atoms with Crippen molar-refractivity contribution in [1.29, 1.82) is 0 Å². The summed E-state index contributed by atoms with van der Waals surface area (Å²) in [5, 5.41) is 7.41. The molecule has 1 aliphatic rings. The normalized spacial score (nSPS) is 15.9. The lowest BCUT2D eigenvalue weighted by Gasteiger charge is -2.28. The van der Waals surface area contributed by atoms with E-state index in [1.807, 2.05) is 36.8 Å². The monoisotopic (exact) mass is 360 g/mol. The summed E-state index contributed by atoms with van der Waals surface area (Å²) in [5.41, 5.74) is 1.15. The molecule has 7 heteroatoms. The number of rotatable bonds is 6. The maximum absolute atomic E-state index is 12.1. The molecule has 2 aromatic heterocycles. The average Bonchev–Trinajstić information content (AvgIpc) is 3.36. The summed E-state index contributed by atoms with van der Waals surface area (Å²) in [6, 6.07) is 8.03. The highest BCUT2D eigenvalue weighted by Gasteiger charge is 2.26. The van der Waals surface area contributed by atoms with E-state index in [0.29, 0.717) is 13.1 Å². The summed E-state index contributed by atoms with van der Waals surface area (Å²) in [6.45, 7) is 2.87. The van der Waals surface area contributed by atoms with Crippen molar-refractivity contribution in [3.63, 3.8) is 0 Å². The van der Waals surface area contributed by atoms with Crippen molar-refractivity contribution >= 4 is 23.2 Å². The number of thiophene rings is 1. The van der Waals surface area contributed by atoms with Gasteiger partial charge in [0.25, 0.3) is 0 Å². The number of likely N-dealkylation sites (tertiary alicyclic amines) is 1. The largest absolute Gasteiger partial charge is 0.353 e. The molecule has 1 fully saturated rings. The van der Waals surface area contributed by atoms with Gasteiger partial charge in [0.05, 0.1) is 12.6 Å². The van der Waals surface area contributed by atoms with E-state index >= 15 is 0 Å². The Labute approximate surface area is 151 Å². The van der Waals surface area contributed by atoms with Crippen LogP contribution in [0.15, 0.2) is 35.8 Å². The molecule has 0 saturated carbocycles. The number of amides is 2. The first kappa shape index (κ1) is 17.7. The molecule has 2 N–H and O–H groups in total. The van der Waals surface area contributed by atoms with Crippen molar-refractivity contribution in [3.8, 4) is 0 Å². The number of hydrogen-bond donors (Lipinski definition) is 2. The van der Waals surface area contributed by atoms with Gasteiger partial charge in [0.15, 0.2) is 0 Å². The van der Waals surface area contributed by atoms with E-state index < -0.39 is 11.8 Å². The molecule has 2 amide bonds. The fourth-order valence-corrected chi connectivity index (χ4v) is 3.87. The minimum atomic E-state index is -0.583. The van der Waals surface area contributed by atoms with Gasteiger partial charge < -0.3 is 15.2 Å². The smallest absolute Gasteiger partial charge is 0.309 e. The molecule has 2 aromatic rings. The van der Waals surface area contributed by atoms with Gasteiger partial charge in [-0.1, -0.05) is 6.07 Å². The van der Waals surface area contributed by atoms with Crippen molar-refractivity contribution in [2.24, 2.45) is 7.05 Å². The van der Waals surface area contributed by atoms with Gasteiger partial charge in [-0.05, 0) is 49.5 Å². The number of nitrogens with zero attached hydrogens (tertiary/aromatic N) is 2. The van der Waals surface area contributed by atoms with Crippen LogP contribution in [0.2, 0.25) is 0 Å². The number of hydrogen-bond acceptors (Lipinski definition) is 4. The average molecular weight is 360 g/mol. The van der Waals surface area contributed by atoms with E-state index in [9.17, 15) is 9.59 Å². The summed E-state index contributed by atoms with van der Waals surface area (Å²) in [7, 11) is 2.01. The highest BCUT2D eigenvalue weighted by atomic mass is 32.1. The van der Waals surface area contributed by atoms with Gasteiger partial charge in [0.1, 0.15) is 0 Å². The summed E-state index contributed by atoms with van der Waals surface area (Å²) < 4.78 is 2.08. The zero-order chi connectivity index (χ0) is 17.6. The van der Waals surface area contributed by atoms with Crippen molar-refractivity contribution < 1.29 is 9.59 Å². The maximum atomic E-state index is 12.1. The van der Waals surface area contributed by atoms with Crippen LogP contribution in [-0.2, 0) is 23.2 Å². The molecule has 134 valence electrons. The third kappa shape index (κ3) is 4.49. The first-order valence-corrected chi connectivity index (χ1v) is 9.47. The Hall–Kier alpha value is -2.12. The molecule has 6 nitrogen and oxygen atoms in total. The number of aryl methyl sites for hydroxylation is 1. The van der Waals surface area contributed by atoms with Gasteiger partial charge in [-0.3, -0.25) is 14.5 Å². The van der Waals surface area contributed by atoms with Crippen LogP contribution < -0.4 is 10.6 Å². The molecule has 0 aliphatic carbocycles. The van der Waals surface area contributed by atoms with E-state index in [-0.39, 0.29) is 6.04 Å². The van der Waals surface area contributed by atoms with Gasteiger partial charge in [0, 0.05) is 30.4 Å². The molecule has 0 spiro atoms.